The van der Waals surface area contributed by atoms with Gasteiger partial charge in [0.15, 0.2) is 0 Å². The molecule has 1 aromatic rings. The molecule has 1 heterocycles. The first kappa shape index (κ1) is 21.7. The van der Waals surface area contributed by atoms with Gasteiger partial charge in [-0.1, -0.05) is 31.9 Å². The highest BCUT2D eigenvalue weighted by molar-refractivity contribution is 5.94. The number of nitrogens with zero attached hydrogens (tertiary/aromatic N) is 1. The van der Waals surface area contributed by atoms with Crippen molar-refractivity contribution in [3.8, 4) is 5.75 Å². The summed E-state index contributed by atoms with van der Waals surface area (Å²) in [7, 11) is 0. The van der Waals surface area contributed by atoms with E-state index >= 15 is 0 Å². The summed E-state index contributed by atoms with van der Waals surface area (Å²) < 4.78 is 11.0. The highest BCUT2D eigenvalue weighted by atomic mass is 35.5. The average Bonchev–Trinajstić information content (AvgIpc) is 2.72. The lowest BCUT2D eigenvalue weighted by Gasteiger charge is -2.48. The Morgan fingerprint density at radius 2 is 1.85 bits per heavy atom. The molecule has 0 bridgehead atoms. The molecule has 1 saturated heterocycles. The Morgan fingerprint density at radius 3 is 2.48 bits per heavy atom. The van der Waals surface area contributed by atoms with Crippen LogP contribution < -0.4 is 10.1 Å². The molecular formula is C21H31ClN2O3. The van der Waals surface area contributed by atoms with Crippen LogP contribution in [-0.4, -0.2) is 55.8 Å². The van der Waals surface area contributed by atoms with Gasteiger partial charge in [0, 0.05) is 30.7 Å². The van der Waals surface area contributed by atoms with Crippen molar-refractivity contribution in [2.75, 3.05) is 39.5 Å². The van der Waals surface area contributed by atoms with Gasteiger partial charge in [0.1, 0.15) is 12.4 Å². The van der Waals surface area contributed by atoms with Crippen molar-refractivity contribution >= 4 is 18.3 Å². The van der Waals surface area contributed by atoms with E-state index in [2.05, 4.69) is 16.8 Å². The highest BCUT2D eigenvalue weighted by Crippen LogP contribution is 2.34. The Hall–Kier alpha value is -1.56. The first-order valence-corrected chi connectivity index (χ1v) is 9.68. The van der Waals surface area contributed by atoms with Gasteiger partial charge in [-0.05, 0) is 37.1 Å². The van der Waals surface area contributed by atoms with Gasteiger partial charge in [-0.3, -0.25) is 9.69 Å². The van der Waals surface area contributed by atoms with Crippen LogP contribution in [0.1, 0.15) is 42.5 Å². The molecule has 0 aromatic heterocycles. The molecule has 1 saturated carbocycles. The van der Waals surface area contributed by atoms with Crippen molar-refractivity contribution in [3.05, 3.63) is 42.5 Å². The summed E-state index contributed by atoms with van der Waals surface area (Å²) in [6.07, 6.45) is 7.79. The molecule has 0 radical (unpaired) electrons. The Morgan fingerprint density at radius 1 is 1.19 bits per heavy atom. The Kier molecular flexibility index (Phi) is 8.61. The van der Waals surface area contributed by atoms with E-state index in [1.54, 1.807) is 6.08 Å². The predicted octanol–water partition coefficient (Wildman–Crippen LogP) is 3.44. The molecule has 0 spiro atoms. The second-order valence-corrected chi connectivity index (χ2v) is 7.19. The SMILES string of the molecule is C=CCOc1ccc(C(=O)NCC2(N3CCOCC3)CCCCC2)cc1.Cl. The molecule has 1 aromatic carbocycles. The third-order valence-corrected chi connectivity index (χ3v) is 5.53. The summed E-state index contributed by atoms with van der Waals surface area (Å²) in [4.78, 5) is 15.2. The highest BCUT2D eigenvalue weighted by Gasteiger charge is 2.38. The van der Waals surface area contributed by atoms with E-state index in [1.807, 2.05) is 24.3 Å². The van der Waals surface area contributed by atoms with Gasteiger partial charge in [-0.2, -0.15) is 0 Å². The average molecular weight is 395 g/mol. The van der Waals surface area contributed by atoms with Crippen LogP contribution in [0.5, 0.6) is 5.75 Å². The van der Waals surface area contributed by atoms with Crippen LogP contribution in [0, 0.1) is 0 Å². The van der Waals surface area contributed by atoms with Crippen LogP contribution >= 0.6 is 12.4 Å². The Labute approximate surface area is 168 Å². The maximum Gasteiger partial charge on any atom is 0.251 e. The number of halogens is 1. The minimum absolute atomic E-state index is 0. The fraction of sp³-hybridized carbons (Fsp3) is 0.571. The standard InChI is InChI=1S/C21H30N2O3.ClH/c1-2-14-26-19-8-6-18(7-9-19)20(24)22-17-21(10-4-3-5-11-21)23-12-15-25-16-13-23;/h2,6-9H,1,3-5,10-17H2,(H,22,24);1H. The quantitative estimate of drug-likeness (QED) is 0.720. The normalized spacial score (nSPS) is 19.6. The van der Waals surface area contributed by atoms with Gasteiger partial charge in [-0.25, -0.2) is 0 Å². The molecule has 2 aliphatic rings. The maximum atomic E-state index is 12.6. The second-order valence-electron chi connectivity index (χ2n) is 7.19. The number of nitrogens with one attached hydrogen (secondary N) is 1. The van der Waals surface area contributed by atoms with Gasteiger partial charge in [-0.15, -0.1) is 12.4 Å². The van der Waals surface area contributed by atoms with Crippen LogP contribution in [0.15, 0.2) is 36.9 Å². The molecular weight excluding hydrogens is 364 g/mol. The maximum absolute atomic E-state index is 12.6. The third-order valence-electron chi connectivity index (χ3n) is 5.53. The lowest BCUT2D eigenvalue weighted by atomic mass is 9.79. The molecule has 1 N–H and O–H groups in total. The molecule has 3 rings (SSSR count). The van der Waals surface area contributed by atoms with E-state index in [0.29, 0.717) is 18.7 Å². The molecule has 150 valence electrons. The van der Waals surface area contributed by atoms with Crippen LogP contribution in [0.2, 0.25) is 0 Å². The molecule has 27 heavy (non-hydrogen) atoms. The van der Waals surface area contributed by atoms with Crippen LogP contribution in [0.25, 0.3) is 0 Å². The number of hydrogen-bond acceptors (Lipinski definition) is 4. The molecule has 6 heteroatoms. The van der Waals surface area contributed by atoms with Crippen LogP contribution in [-0.2, 0) is 4.74 Å². The minimum atomic E-state index is -0.0153. The Balaban J connectivity index is 0.00000261. The first-order valence-electron chi connectivity index (χ1n) is 9.68. The van der Waals surface area contributed by atoms with Crippen molar-refractivity contribution in [3.63, 3.8) is 0 Å². The summed E-state index contributed by atoms with van der Waals surface area (Å²) in [5.74, 6) is 0.733. The first-order chi connectivity index (χ1) is 12.7. The zero-order valence-electron chi connectivity index (χ0n) is 16.0. The summed E-state index contributed by atoms with van der Waals surface area (Å²) in [6.45, 7) is 8.32. The molecule has 1 aliphatic carbocycles. The van der Waals surface area contributed by atoms with Gasteiger partial charge in [0.25, 0.3) is 5.91 Å². The number of carbonyl (C=O) groups excluding carboxylic acids is 1. The van der Waals surface area contributed by atoms with Gasteiger partial charge < -0.3 is 14.8 Å². The number of hydrogen-bond donors (Lipinski definition) is 1. The molecule has 2 fully saturated rings. The zero-order valence-corrected chi connectivity index (χ0v) is 16.8. The molecule has 0 unspecified atom stereocenters. The van der Waals surface area contributed by atoms with E-state index in [4.69, 9.17) is 9.47 Å². The molecule has 0 atom stereocenters. The van der Waals surface area contributed by atoms with E-state index in [1.165, 1.54) is 19.3 Å². The minimum Gasteiger partial charge on any atom is -0.490 e. The van der Waals surface area contributed by atoms with Crippen molar-refractivity contribution in [2.45, 2.75) is 37.6 Å². The third kappa shape index (κ3) is 5.71. The zero-order chi connectivity index (χ0) is 18.2. The van der Waals surface area contributed by atoms with Gasteiger partial charge in [0.05, 0.1) is 13.2 Å². The number of morpholine rings is 1. The van der Waals surface area contributed by atoms with Crippen molar-refractivity contribution in [1.29, 1.82) is 0 Å². The number of ether oxygens (including phenoxy) is 2. The fourth-order valence-corrected chi connectivity index (χ4v) is 4.06. The number of rotatable bonds is 7. The largest absolute Gasteiger partial charge is 0.490 e. The van der Waals surface area contributed by atoms with Crippen molar-refractivity contribution in [2.24, 2.45) is 0 Å². The van der Waals surface area contributed by atoms with Crippen molar-refractivity contribution < 1.29 is 14.3 Å². The lowest BCUT2D eigenvalue weighted by Crippen LogP contribution is -2.59. The van der Waals surface area contributed by atoms with Gasteiger partial charge in [0.2, 0.25) is 0 Å². The number of carbonyl (C=O) groups is 1. The summed E-state index contributed by atoms with van der Waals surface area (Å²) in [6, 6.07) is 7.29. The van der Waals surface area contributed by atoms with E-state index in [0.717, 1.165) is 44.9 Å². The fourth-order valence-electron chi connectivity index (χ4n) is 4.06. The predicted molar refractivity (Wildman–Crippen MR) is 110 cm³/mol. The molecule has 5 nitrogen and oxygen atoms in total. The van der Waals surface area contributed by atoms with Crippen molar-refractivity contribution in [1.82, 2.24) is 10.2 Å². The van der Waals surface area contributed by atoms with Crippen LogP contribution in [0.4, 0.5) is 0 Å². The van der Waals surface area contributed by atoms with E-state index < -0.39 is 0 Å². The summed E-state index contributed by atoms with van der Waals surface area (Å²) in [5, 5.41) is 3.19. The molecule has 1 amide bonds. The van der Waals surface area contributed by atoms with Gasteiger partial charge >= 0.3 is 0 Å². The summed E-state index contributed by atoms with van der Waals surface area (Å²) in [5.41, 5.74) is 0.758. The van der Waals surface area contributed by atoms with E-state index in [-0.39, 0.29) is 23.9 Å². The number of amides is 1. The summed E-state index contributed by atoms with van der Waals surface area (Å²) >= 11 is 0. The second kappa shape index (κ2) is 10.7. The monoisotopic (exact) mass is 394 g/mol. The lowest BCUT2D eigenvalue weighted by molar-refractivity contribution is -0.0361. The van der Waals surface area contributed by atoms with E-state index in [9.17, 15) is 4.79 Å². The molecule has 1 aliphatic heterocycles. The Bertz CT molecular complexity index is 594. The van der Waals surface area contributed by atoms with Crippen LogP contribution in [0.3, 0.4) is 0 Å². The topological polar surface area (TPSA) is 50.8 Å². The smallest absolute Gasteiger partial charge is 0.251 e. The number of benzene rings is 1.